The summed E-state index contributed by atoms with van der Waals surface area (Å²) in [6.07, 6.45) is 0.685. The lowest BCUT2D eigenvalue weighted by Gasteiger charge is -2.11. The molecule has 6 nitrogen and oxygen atoms in total. The first kappa shape index (κ1) is 18.1. The Morgan fingerprint density at radius 3 is 1.96 bits per heavy atom. The van der Waals surface area contributed by atoms with Gasteiger partial charge in [0.15, 0.2) is 0 Å². The fraction of sp³-hybridized carbons (Fsp3) is 0.333. The zero-order chi connectivity index (χ0) is 17.7. The number of phenols is 1. The minimum absolute atomic E-state index is 0.101. The highest BCUT2D eigenvalue weighted by atomic mass is 16.3. The Hall–Kier alpha value is -2.28. The van der Waals surface area contributed by atoms with E-state index in [0.29, 0.717) is 34.5 Å². The SMILES string of the molecule is CCc1cc(C)cc(/N=N/c2cc(CO)c(CO)c(CO)c2)c1O. The average Bonchev–Trinajstić information content (AvgIpc) is 2.60. The van der Waals surface area contributed by atoms with E-state index in [9.17, 15) is 20.4 Å². The van der Waals surface area contributed by atoms with Gasteiger partial charge in [0.2, 0.25) is 0 Å². The van der Waals surface area contributed by atoms with Crippen LogP contribution >= 0.6 is 0 Å². The molecule has 128 valence electrons. The normalized spacial score (nSPS) is 11.4. The van der Waals surface area contributed by atoms with E-state index < -0.39 is 0 Å². The molecule has 24 heavy (non-hydrogen) atoms. The maximum absolute atomic E-state index is 10.2. The molecule has 2 rings (SSSR count). The van der Waals surface area contributed by atoms with E-state index in [1.807, 2.05) is 19.9 Å². The third kappa shape index (κ3) is 3.79. The fourth-order valence-corrected chi connectivity index (χ4v) is 2.61. The van der Waals surface area contributed by atoms with Gasteiger partial charge in [-0.25, -0.2) is 0 Å². The van der Waals surface area contributed by atoms with Crippen molar-refractivity contribution in [2.75, 3.05) is 0 Å². The summed E-state index contributed by atoms with van der Waals surface area (Å²) in [4.78, 5) is 0. The van der Waals surface area contributed by atoms with Crippen LogP contribution in [0.4, 0.5) is 11.4 Å². The minimum Gasteiger partial charge on any atom is -0.505 e. The zero-order valence-electron chi connectivity index (χ0n) is 13.8. The number of aryl methyl sites for hydroxylation is 2. The smallest absolute Gasteiger partial charge is 0.146 e. The van der Waals surface area contributed by atoms with Crippen LogP contribution < -0.4 is 0 Å². The van der Waals surface area contributed by atoms with E-state index >= 15 is 0 Å². The molecule has 0 aromatic heterocycles. The van der Waals surface area contributed by atoms with Crippen LogP contribution in [0.1, 0.15) is 34.7 Å². The lowest BCUT2D eigenvalue weighted by molar-refractivity contribution is 0.248. The van der Waals surface area contributed by atoms with Crippen molar-refractivity contribution in [1.82, 2.24) is 0 Å². The summed E-state index contributed by atoms with van der Waals surface area (Å²) in [5, 5.41) is 46.6. The molecule has 2 aromatic carbocycles. The molecule has 0 aliphatic carbocycles. The number of benzene rings is 2. The van der Waals surface area contributed by atoms with Crippen molar-refractivity contribution in [2.45, 2.75) is 40.1 Å². The highest BCUT2D eigenvalue weighted by Gasteiger charge is 2.10. The summed E-state index contributed by atoms with van der Waals surface area (Å²) in [5.74, 6) is 0.101. The van der Waals surface area contributed by atoms with Gasteiger partial charge in [-0.2, -0.15) is 5.11 Å². The predicted octanol–water partition coefficient (Wildman–Crippen LogP) is 3.16. The Balaban J connectivity index is 2.44. The van der Waals surface area contributed by atoms with Gasteiger partial charge in [-0.3, -0.25) is 0 Å². The number of aliphatic hydroxyl groups excluding tert-OH is 3. The molecule has 0 saturated heterocycles. The van der Waals surface area contributed by atoms with Crippen LogP contribution in [0.15, 0.2) is 34.5 Å². The molecule has 2 aromatic rings. The van der Waals surface area contributed by atoms with Gasteiger partial charge >= 0.3 is 0 Å². The molecular formula is C18H22N2O4. The molecule has 0 aliphatic heterocycles. The van der Waals surface area contributed by atoms with E-state index in [1.54, 1.807) is 18.2 Å². The Morgan fingerprint density at radius 2 is 1.46 bits per heavy atom. The molecule has 0 atom stereocenters. The van der Waals surface area contributed by atoms with E-state index in [-0.39, 0.29) is 25.6 Å². The summed E-state index contributed by atoms with van der Waals surface area (Å²) in [6.45, 7) is 3.04. The molecule has 0 saturated carbocycles. The average molecular weight is 330 g/mol. The Labute approximate surface area is 140 Å². The molecule has 0 bridgehead atoms. The molecule has 0 fully saturated rings. The number of hydrogen-bond acceptors (Lipinski definition) is 6. The highest BCUT2D eigenvalue weighted by molar-refractivity contribution is 5.57. The first-order valence-electron chi connectivity index (χ1n) is 7.75. The van der Waals surface area contributed by atoms with Gasteiger partial charge in [-0.05, 0) is 59.4 Å². The second kappa shape index (κ2) is 8.01. The van der Waals surface area contributed by atoms with Gasteiger partial charge < -0.3 is 20.4 Å². The minimum atomic E-state index is -0.276. The molecular weight excluding hydrogens is 308 g/mol. The second-order valence-corrected chi connectivity index (χ2v) is 5.56. The van der Waals surface area contributed by atoms with Gasteiger partial charge in [0, 0.05) is 0 Å². The highest BCUT2D eigenvalue weighted by Crippen LogP contribution is 2.34. The Kier molecular flexibility index (Phi) is 6.03. The second-order valence-electron chi connectivity index (χ2n) is 5.56. The summed E-state index contributed by atoms with van der Waals surface area (Å²) in [7, 11) is 0. The van der Waals surface area contributed by atoms with Crippen molar-refractivity contribution in [3.63, 3.8) is 0 Å². The number of aliphatic hydroxyl groups is 3. The van der Waals surface area contributed by atoms with Crippen molar-refractivity contribution in [3.05, 3.63) is 52.1 Å². The standard InChI is InChI=1S/C18H22N2O4/c1-3-12-4-11(2)5-17(18(12)24)20-19-15-6-13(8-21)16(10-23)14(7-15)9-22/h4-7,21-24H,3,8-10H2,1-2H3/b20-19+. The molecule has 6 heteroatoms. The van der Waals surface area contributed by atoms with Crippen LogP contribution in [0, 0.1) is 6.92 Å². The zero-order valence-corrected chi connectivity index (χ0v) is 13.8. The lowest BCUT2D eigenvalue weighted by atomic mass is 10.0. The van der Waals surface area contributed by atoms with E-state index in [0.717, 1.165) is 11.1 Å². The molecule has 0 heterocycles. The topological polar surface area (TPSA) is 106 Å². The van der Waals surface area contributed by atoms with Gasteiger partial charge in [0.05, 0.1) is 25.5 Å². The summed E-state index contributed by atoms with van der Waals surface area (Å²) in [6, 6.07) is 6.84. The van der Waals surface area contributed by atoms with Crippen LogP contribution in [-0.2, 0) is 26.2 Å². The summed E-state index contributed by atoms with van der Waals surface area (Å²) in [5.41, 5.74) is 4.04. The van der Waals surface area contributed by atoms with Gasteiger partial charge in [0.25, 0.3) is 0 Å². The molecule has 0 radical (unpaired) electrons. The predicted molar refractivity (Wildman–Crippen MR) is 90.6 cm³/mol. The molecule has 4 N–H and O–H groups in total. The molecule has 0 aliphatic rings. The van der Waals surface area contributed by atoms with Gasteiger partial charge in [0.1, 0.15) is 11.4 Å². The maximum atomic E-state index is 10.2. The van der Waals surface area contributed by atoms with Crippen molar-refractivity contribution in [3.8, 4) is 5.75 Å². The number of rotatable bonds is 6. The first-order chi connectivity index (χ1) is 11.5. The quantitative estimate of drug-likeness (QED) is 0.610. The summed E-state index contributed by atoms with van der Waals surface area (Å²) < 4.78 is 0. The van der Waals surface area contributed by atoms with Crippen LogP contribution in [0.5, 0.6) is 5.75 Å². The van der Waals surface area contributed by atoms with Crippen LogP contribution in [0.3, 0.4) is 0 Å². The van der Waals surface area contributed by atoms with Crippen LogP contribution in [0.25, 0.3) is 0 Å². The molecule has 0 spiro atoms. The van der Waals surface area contributed by atoms with Crippen molar-refractivity contribution >= 4 is 11.4 Å². The third-order valence-corrected chi connectivity index (χ3v) is 3.89. The largest absolute Gasteiger partial charge is 0.505 e. The fourth-order valence-electron chi connectivity index (χ4n) is 2.61. The number of phenolic OH excluding ortho intramolecular Hbond substituents is 1. The molecule has 0 amide bonds. The van der Waals surface area contributed by atoms with Crippen molar-refractivity contribution < 1.29 is 20.4 Å². The number of azo groups is 1. The number of aromatic hydroxyl groups is 1. The maximum Gasteiger partial charge on any atom is 0.146 e. The van der Waals surface area contributed by atoms with E-state index in [4.69, 9.17) is 0 Å². The Morgan fingerprint density at radius 1 is 0.833 bits per heavy atom. The number of nitrogens with zero attached hydrogens (tertiary/aromatic N) is 2. The van der Waals surface area contributed by atoms with E-state index in [2.05, 4.69) is 10.2 Å². The number of hydrogen-bond donors (Lipinski definition) is 4. The van der Waals surface area contributed by atoms with Crippen molar-refractivity contribution in [2.24, 2.45) is 10.2 Å². The van der Waals surface area contributed by atoms with E-state index in [1.165, 1.54) is 0 Å². The third-order valence-electron chi connectivity index (χ3n) is 3.89. The van der Waals surface area contributed by atoms with Gasteiger partial charge in [-0.15, -0.1) is 5.11 Å². The van der Waals surface area contributed by atoms with Gasteiger partial charge in [-0.1, -0.05) is 13.0 Å². The Bertz CT molecular complexity index is 732. The lowest BCUT2D eigenvalue weighted by Crippen LogP contribution is -2.00. The first-order valence-corrected chi connectivity index (χ1v) is 7.75. The van der Waals surface area contributed by atoms with Crippen LogP contribution in [-0.4, -0.2) is 20.4 Å². The molecule has 0 unspecified atom stereocenters. The monoisotopic (exact) mass is 330 g/mol. The van der Waals surface area contributed by atoms with Crippen molar-refractivity contribution in [1.29, 1.82) is 0 Å². The van der Waals surface area contributed by atoms with Crippen LogP contribution in [0.2, 0.25) is 0 Å². The summed E-state index contributed by atoms with van der Waals surface area (Å²) >= 11 is 0.